The van der Waals surface area contributed by atoms with Gasteiger partial charge in [-0.1, -0.05) is 13.0 Å². The maximum atomic E-state index is 13.0. The van der Waals surface area contributed by atoms with Crippen molar-refractivity contribution < 1.29 is 19.1 Å². The second kappa shape index (κ2) is 8.54. The number of benzene rings is 1. The molecule has 2 amide bonds. The normalized spacial score (nSPS) is 17.4. The molecule has 1 heterocycles. The summed E-state index contributed by atoms with van der Waals surface area (Å²) in [6.07, 6.45) is 1.24. The summed E-state index contributed by atoms with van der Waals surface area (Å²) in [5, 5.41) is 2.80. The van der Waals surface area contributed by atoms with Crippen LogP contribution in [-0.2, 0) is 4.79 Å². The smallest absolute Gasteiger partial charge is 0.258 e. The van der Waals surface area contributed by atoms with Crippen LogP contribution < -0.4 is 20.5 Å². The van der Waals surface area contributed by atoms with E-state index < -0.39 is 6.04 Å². The van der Waals surface area contributed by atoms with Gasteiger partial charge < -0.3 is 25.4 Å². The van der Waals surface area contributed by atoms with Gasteiger partial charge in [-0.25, -0.2) is 0 Å². The number of piperazine rings is 1. The standard InChI is InChI=1S/C17H25N3O4/c1-3-13-16(21)19-9-10-20(13)17(22)12-6-4-7-14(23-2)15(12)24-11-5-8-18/h4,6-7,13H,3,5,8-11,18H2,1-2H3,(H,19,21)/t13-/m0/s1. The van der Waals surface area contributed by atoms with Crippen LogP contribution in [0.5, 0.6) is 11.5 Å². The Labute approximate surface area is 142 Å². The first kappa shape index (κ1) is 18.1. The van der Waals surface area contributed by atoms with Crippen LogP contribution in [-0.4, -0.2) is 56.1 Å². The van der Waals surface area contributed by atoms with Crippen molar-refractivity contribution in [2.45, 2.75) is 25.8 Å². The Morgan fingerprint density at radius 1 is 1.46 bits per heavy atom. The van der Waals surface area contributed by atoms with Gasteiger partial charge in [-0.15, -0.1) is 0 Å². The third-order valence-corrected chi connectivity index (χ3v) is 4.00. The minimum Gasteiger partial charge on any atom is -0.493 e. The minimum absolute atomic E-state index is 0.120. The van der Waals surface area contributed by atoms with Gasteiger partial charge in [0.05, 0.1) is 19.3 Å². The van der Waals surface area contributed by atoms with Crippen LogP contribution in [0.15, 0.2) is 18.2 Å². The predicted octanol–water partition coefficient (Wildman–Crippen LogP) is 0.773. The average Bonchev–Trinajstić information content (AvgIpc) is 2.61. The van der Waals surface area contributed by atoms with Crippen LogP contribution in [0.2, 0.25) is 0 Å². The summed E-state index contributed by atoms with van der Waals surface area (Å²) in [5.74, 6) is 0.551. The van der Waals surface area contributed by atoms with E-state index in [1.807, 2.05) is 6.92 Å². The molecule has 24 heavy (non-hydrogen) atoms. The Balaban J connectivity index is 2.31. The lowest BCUT2D eigenvalue weighted by Crippen LogP contribution is -2.56. The summed E-state index contributed by atoms with van der Waals surface area (Å²) in [6, 6.07) is 4.72. The predicted molar refractivity (Wildman–Crippen MR) is 90.3 cm³/mol. The molecule has 0 spiro atoms. The molecule has 132 valence electrons. The van der Waals surface area contributed by atoms with E-state index in [0.717, 1.165) is 0 Å². The van der Waals surface area contributed by atoms with E-state index in [-0.39, 0.29) is 11.8 Å². The van der Waals surface area contributed by atoms with Gasteiger partial charge in [0.1, 0.15) is 6.04 Å². The number of ether oxygens (including phenoxy) is 2. The molecule has 7 heteroatoms. The largest absolute Gasteiger partial charge is 0.493 e. The van der Waals surface area contributed by atoms with Crippen LogP contribution in [0.3, 0.4) is 0 Å². The Morgan fingerprint density at radius 2 is 2.25 bits per heavy atom. The first-order chi connectivity index (χ1) is 11.6. The fraction of sp³-hybridized carbons (Fsp3) is 0.529. The highest BCUT2D eigenvalue weighted by molar-refractivity contribution is 6.00. The fourth-order valence-electron chi connectivity index (χ4n) is 2.77. The fourth-order valence-corrected chi connectivity index (χ4v) is 2.77. The van der Waals surface area contributed by atoms with E-state index in [1.54, 1.807) is 23.1 Å². The number of carbonyl (C=O) groups excluding carboxylic acids is 2. The van der Waals surface area contributed by atoms with E-state index in [4.69, 9.17) is 15.2 Å². The number of nitrogens with zero attached hydrogens (tertiary/aromatic N) is 1. The zero-order valence-electron chi connectivity index (χ0n) is 14.2. The van der Waals surface area contributed by atoms with Crippen LogP contribution in [0, 0.1) is 0 Å². The Morgan fingerprint density at radius 3 is 2.92 bits per heavy atom. The summed E-state index contributed by atoms with van der Waals surface area (Å²) in [7, 11) is 1.53. The third-order valence-electron chi connectivity index (χ3n) is 4.00. The highest BCUT2D eigenvalue weighted by Crippen LogP contribution is 2.32. The molecule has 1 aliphatic heterocycles. The lowest BCUT2D eigenvalue weighted by atomic mass is 10.1. The van der Waals surface area contributed by atoms with Gasteiger partial charge in [-0.3, -0.25) is 9.59 Å². The quantitative estimate of drug-likeness (QED) is 0.718. The van der Waals surface area contributed by atoms with Gasteiger partial charge in [-0.2, -0.15) is 0 Å². The zero-order chi connectivity index (χ0) is 17.5. The molecule has 0 bridgehead atoms. The second-order valence-corrected chi connectivity index (χ2v) is 5.54. The lowest BCUT2D eigenvalue weighted by Gasteiger charge is -2.34. The van der Waals surface area contributed by atoms with Crippen molar-refractivity contribution in [3.63, 3.8) is 0 Å². The topological polar surface area (TPSA) is 93.9 Å². The molecule has 0 aliphatic carbocycles. The molecule has 0 radical (unpaired) electrons. The number of nitrogens with two attached hydrogens (primary N) is 1. The van der Waals surface area contributed by atoms with Gasteiger partial charge in [-0.05, 0) is 31.5 Å². The monoisotopic (exact) mass is 335 g/mol. The molecule has 1 saturated heterocycles. The van der Waals surface area contributed by atoms with Crippen LogP contribution in [0.25, 0.3) is 0 Å². The SMILES string of the molecule is CC[C@H]1C(=O)NCCN1C(=O)c1cccc(OC)c1OCCCN. The Hall–Kier alpha value is -2.28. The molecule has 1 aromatic rings. The highest BCUT2D eigenvalue weighted by Gasteiger charge is 2.33. The maximum Gasteiger partial charge on any atom is 0.258 e. The molecule has 1 aromatic carbocycles. The highest BCUT2D eigenvalue weighted by atomic mass is 16.5. The van der Waals surface area contributed by atoms with E-state index in [0.29, 0.717) is 56.1 Å². The van der Waals surface area contributed by atoms with Crippen molar-refractivity contribution in [1.29, 1.82) is 0 Å². The van der Waals surface area contributed by atoms with Gasteiger partial charge in [0.15, 0.2) is 11.5 Å². The van der Waals surface area contributed by atoms with Gasteiger partial charge in [0.25, 0.3) is 5.91 Å². The van der Waals surface area contributed by atoms with Gasteiger partial charge in [0, 0.05) is 13.1 Å². The first-order valence-corrected chi connectivity index (χ1v) is 8.22. The second-order valence-electron chi connectivity index (χ2n) is 5.54. The number of para-hydroxylation sites is 1. The van der Waals surface area contributed by atoms with Crippen molar-refractivity contribution in [2.24, 2.45) is 5.73 Å². The number of amides is 2. The molecule has 1 atom stereocenters. The average molecular weight is 335 g/mol. The van der Waals surface area contributed by atoms with Crippen molar-refractivity contribution in [3.05, 3.63) is 23.8 Å². The number of hydrogen-bond donors (Lipinski definition) is 2. The van der Waals surface area contributed by atoms with Crippen molar-refractivity contribution in [1.82, 2.24) is 10.2 Å². The number of carbonyl (C=O) groups is 2. The van der Waals surface area contributed by atoms with E-state index in [9.17, 15) is 9.59 Å². The summed E-state index contributed by atoms with van der Waals surface area (Å²) >= 11 is 0. The molecule has 2 rings (SSSR count). The molecule has 0 saturated carbocycles. The van der Waals surface area contributed by atoms with Gasteiger partial charge in [0.2, 0.25) is 5.91 Å². The van der Waals surface area contributed by atoms with E-state index in [2.05, 4.69) is 5.32 Å². The van der Waals surface area contributed by atoms with Gasteiger partial charge >= 0.3 is 0 Å². The minimum atomic E-state index is -0.464. The number of rotatable bonds is 7. The molecule has 1 aliphatic rings. The molecule has 1 fully saturated rings. The summed E-state index contributed by atoms with van der Waals surface area (Å²) in [5.41, 5.74) is 5.90. The van der Waals surface area contributed by atoms with E-state index in [1.165, 1.54) is 7.11 Å². The molecule has 7 nitrogen and oxygen atoms in total. The number of hydrogen-bond acceptors (Lipinski definition) is 5. The summed E-state index contributed by atoms with van der Waals surface area (Å²) < 4.78 is 11.1. The van der Waals surface area contributed by atoms with E-state index >= 15 is 0 Å². The Kier molecular flexibility index (Phi) is 6.43. The molecule has 0 aromatic heterocycles. The molecular formula is C17H25N3O4. The maximum absolute atomic E-state index is 13.0. The van der Waals surface area contributed by atoms with Crippen LogP contribution in [0.1, 0.15) is 30.1 Å². The number of methoxy groups -OCH3 is 1. The van der Waals surface area contributed by atoms with Crippen LogP contribution in [0.4, 0.5) is 0 Å². The number of nitrogens with one attached hydrogen (secondary N) is 1. The van der Waals surface area contributed by atoms with Crippen molar-refractivity contribution in [3.8, 4) is 11.5 Å². The summed E-state index contributed by atoms with van der Waals surface area (Å²) in [4.78, 5) is 26.6. The lowest BCUT2D eigenvalue weighted by molar-refractivity contribution is -0.127. The molecular weight excluding hydrogens is 310 g/mol. The van der Waals surface area contributed by atoms with Crippen molar-refractivity contribution in [2.75, 3.05) is 33.4 Å². The summed E-state index contributed by atoms with van der Waals surface area (Å²) in [6.45, 7) is 3.72. The first-order valence-electron chi connectivity index (χ1n) is 8.22. The molecule has 0 unspecified atom stereocenters. The van der Waals surface area contributed by atoms with Crippen molar-refractivity contribution >= 4 is 11.8 Å². The van der Waals surface area contributed by atoms with Crippen LogP contribution >= 0.6 is 0 Å². The third kappa shape index (κ3) is 3.79. The molecule has 3 N–H and O–H groups in total. The Bertz CT molecular complexity index is 591. The zero-order valence-corrected chi connectivity index (χ0v) is 14.2.